The van der Waals surface area contributed by atoms with Crippen molar-refractivity contribution < 1.29 is 4.79 Å². The van der Waals surface area contributed by atoms with E-state index in [1.165, 1.54) is 6.20 Å². The number of anilines is 1. The summed E-state index contributed by atoms with van der Waals surface area (Å²) in [6.07, 6.45) is 4.74. The summed E-state index contributed by atoms with van der Waals surface area (Å²) < 4.78 is 1.64. The van der Waals surface area contributed by atoms with Crippen LogP contribution in [0.4, 0.5) is 5.69 Å². The van der Waals surface area contributed by atoms with Crippen LogP contribution in [0.25, 0.3) is 16.9 Å². The number of pyridine rings is 1. The van der Waals surface area contributed by atoms with Gasteiger partial charge in [-0.15, -0.1) is 10.2 Å². The maximum absolute atomic E-state index is 12.1. The molecule has 2 N–H and O–H groups in total. The number of hydrogen-bond acceptors (Lipinski definition) is 6. The Bertz CT molecular complexity index is 1050. The van der Waals surface area contributed by atoms with Crippen molar-refractivity contribution >= 4 is 17.2 Å². The van der Waals surface area contributed by atoms with Crippen molar-refractivity contribution in [1.29, 1.82) is 0 Å². The highest BCUT2D eigenvalue weighted by molar-refractivity contribution is 5.93. The zero-order valence-corrected chi connectivity index (χ0v) is 14.4. The molecule has 1 aromatic carbocycles. The summed E-state index contributed by atoms with van der Waals surface area (Å²) in [5.41, 5.74) is 3.78. The van der Waals surface area contributed by atoms with Crippen LogP contribution in [-0.2, 0) is 0 Å². The molecule has 0 saturated carbocycles. The average Bonchev–Trinajstić information content (AvgIpc) is 3.21. The van der Waals surface area contributed by atoms with E-state index in [1.807, 2.05) is 36.4 Å². The van der Waals surface area contributed by atoms with Gasteiger partial charge >= 0.3 is 0 Å². The minimum absolute atomic E-state index is 0.155. The Morgan fingerprint density at radius 3 is 2.78 bits per heavy atom. The van der Waals surface area contributed by atoms with Gasteiger partial charge in [0, 0.05) is 31.0 Å². The topological polar surface area (TPSA) is 97.1 Å². The van der Waals surface area contributed by atoms with Gasteiger partial charge in [0.15, 0.2) is 0 Å². The maximum atomic E-state index is 12.1. The highest BCUT2D eigenvalue weighted by atomic mass is 16.1. The van der Waals surface area contributed by atoms with Gasteiger partial charge in [0.1, 0.15) is 6.33 Å². The van der Waals surface area contributed by atoms with Crippen LogP contribution in [0.5, 0.6) is 0 Å². The van der Waals surface area contributed by atoms with E-state index in [1.54, 1.807) is 29.2 Å². The first-order valence-corrected chi connectivity index (χ1v) is 8.50. The molecule has 8 heteroatoms. The van der Waals surface area contributed by atoms with Crippen LogP contribution in [-0.4, -0.2) is 43.8 Å². The number of aromatic nitrogens is 5. The lowest BCUT2D eigenvalue weighted by molar-refractivity contribution is 0.0955. The number of rotatable bonds is 6. The summed E-state index contributed by atoms with van der Waals surface area (Å²) in [4.78, 5) is 16.0. The van der Waals surface area contributed by atoms with E-state index in [0.717, 1.165) is 16.9 Å². The fourth-order valence-electron chi connectivity index (χ4n) is 2.68. The molecule has 3 heterocycles. The quantitative estimate of drug-likeness (QED) is 0.511. The molecule has 3 aromatic heterocycles. The lowest BCUT2D eigenvalue weighted by Gasteiger charge is -2.10. The summed E-state index contributed by atoms with van der Waals surface area (Å²) in [6, 6.07) is 15.3. The minimum atomic E-state index is -0.155. The smallest absolute Gasteiger partial charge is 0.252 e. The predicted octanol–water partition coefficient (Wildman–Crippen LogP) is 2.03. The molecule has 27 heavy (non-hydrogen) atoms. The van der Waals surface area contributed by atoms with Crippen LogP contribution in [0.1, 0.15) is 10.4 Å². The first-order chi connectivity index (χ1) is 13.3. The molecule has 0 spiro atoms. The van der Waals surface area contributed by atoms with Crippen molar-refractivity contribution in [2.24, 2.45) is 0 Å². The molecule has 0 aliphatic carbocycles. The SMILES string of the molecule is O=C(NCCNc1cc(-c2ccccc2)nn2cnnc12)c1cccnc1. The highest BCUT2D eigenvalue weighted by Gasteiger charge is 2.10. The molecule has 0 atom stereocenters. The summed E-state index contributed by atoms with van der Waals surface area (Å²) >= 11 is 0. The van der Waals surface area contributed by atoms with Gasteiger partial charge < -0.3 is 10.6 Å². The van der Waals surface area contributed by atoms with Gasteiger partial charge in [-0.1, -0.05) is 30.3 Å². The molecule has 0 unspecified atom stereocenters. The van der Waals surface area contributed by atoms with Gasteiger partial charge in [0.25, 0.3) is 5.91 Å². The van der Waals surface area contributed by atoms with E-state index in [0.29, 0.717) is 24.3 Å². The normalized spacial score (nSPS) is 10.7. The number of nitrogens with one attached hydrogen (secondary N) is 2. The second-order valence-electron chi connectivity index (χ2n) is 5.83. The molecule has 0 bridgehead atoms. The summed E-state index contributed by atoms with van der Waals surface area (Å²) in [5.74, 6) is -0.155. The van der Waals surface area contributed by atoms with E-state index in [-0.39, 0.29) is 5.91 Å². The lowest BCUT2D eigenvalue weighted by atomic mass is 10.1. The van der Waals surface area contributed by atoms with Crippen LogP contribution in [0.15, 0.2) is 67.3 Å². The first-order valence-electron chi connectivity index (χ1n) is 8.50. The molecule has 0 aliphatic rings. The zero-order chi connectivity index (χ0) is 18.5. The number of fused-ring (bicyclic) bond motifs is 1. The van der Waals surface area contributed by atoms with Gasteiger partial charge in [-0.25, -0.2) is 0 Å². The van der Waals surface area contributed by atoms with Crippen molar-refractivity contribution in [3.63, 3.8) is 0 Å². The molecular formula is C19H17N7O. The Labute approximate surface area is 155 Å². The third-order valence-electron chi connectivity index (χ3n) is 3.99. The lowest BCUT2D eigenvalue weighted by Crippen LogP contribution is -2.28. The molecule has 8 nitrogen and oxygen atoms in total. The third kappa shape index (κ3) is 3.74. The number of carbonyl (C=O) groups is 1. The van der Waals surface area contributed by atoms with E-state index in [9.17, 15) is 4.79 Å². The van der Waals surface area contributed by atoms with Crippen molar-refractivity contribution in [2.45, 2.75) is 0 Å². The first kappa shape index (κ1) is 16.6. The molecular weight excluding hydrogens is 342 g/mol. The van der Waals surface area contributed by atoms with Gasteiger partial charge in [0.2, 0.25) is 5.65 Å². The number of nitrogens with zero attached hydrogens (tertiary/aromatic N) is 5. The van der Waals surface area contributed by atoms with Crippen molar-refractivity contribution in [3.8, 4) is 11.3 Å². The number of hydrogen-bond donors (Lipinski definition) is 2. The fraction of sp³-hybridized carbons (Fsp3) is 0.105. The van der Waals surface area contributed by atoms with Gasteiger partial charge in [-0.2, -0.15) is 9.61 Å². The van der Waals surface area contributed by atoms with Crippen molar-refractivity contribution in [3.05, 3.63) is 72.8 Å². The molecule has 4 rings (SSSR count). The molecule has 0 saturated heterocycles. The molecule has 0 radical (unpaired) electrons. The molecule has 0 fully saturated rings. The van der Waals surface area contributed by atoms with Crippen LogP contribution < -0.4 is 10.6 Å². The van der Waals surface area contributed by atoms with Crippen LogP contribution in [0.2, 0.25) is 0 Å². The Morgan fingerprint density at radius 1 is 1.07 bits per heavy atom. The molecule has 4 aromatic rings. The fourth-order valence-corrected chi connectivity index (χ4v) is 2.68. The highest BCUT2D eigenvalue weighted by Crippen LogP contribution is 2.22. The maximum Gasteiger partial charge on any atom is 0.252 e. The monoisotopic (exact) mass is 359 g/mol. The molecule has 0 aliphatic heterocycles. The largest absolute Gasteiger partial charge is 0.380 e. The second-order valence-corrected chi connectivity index (χ2v) is 5.83. The third-order valence-corrected chi connectivity index (χ3v) is 3.99. The summed E-state index contributed by atoms with van der Waals surface area (Å²) in [7, 11) is 0. The second kappa shape index (κ2) is 7.61. The molecule has 134 valence electrons. The van der Waals surface area contributed by atoms with Gasteiger partial charge in [-0.05, 0) is 18.2 Å². The van der Waals surface area contributed by atoms with Gasteiger partial charge in [0.05, 0.1) is 16.9 Å². The van der Waals surface area contributed by atoms with E-state index >= 15 is 0 Å². The van der Waals surface area contributed by atoms with E-state index < -0.39 is 0 Å². The van der Waals surface area contributed by atoms with Crippen molar-refractivity contribution in [1.82, 2.24) is 30.1 Å². The van der Waals surface area contributed by atoms with E-state index in [2.05, 4.69) is 30.9 Å². The summed E-state index contributed by atoms with van der Waals surface area (Å²) in [6.45, 7) is 0.990. The standard InChI is InChI=1S/C19H17N7O/c27-19(15-7-4-8-20-12-15)22-10-9-21-17-11-16(14-5-2-1-3-6-14)25-26-13-23-24-18(17)26/h1-8,11-13,21H,9-10H2,(H,22,27). The average molecular weight is 359 g/mol. The molecule has 1 amide bonds. The van der Waals surface area contributed by atoms with Gasteiger partial charge in [-0.3, -0.25) is 9.78 Å². The van der Waals surface area contributed by atoms with E-state index in [4.69, 9.17) is 0 Å². The zero-order valence-electron chi connectivity index (χ0n) is 14.4. The Kier molecular flexibility index (Phi) is 4.69. The minimum Gasteiger partial charge on any atom is -0.380 e. The number of carbonyl (C=O) groups excluding carboxylic acids is 1. The van der Waals surface area contributed by atoms with Crippen molar-refractivity contribution in [2.75, 3.05) is 18.4 Å². The Hall–Kier alpha value is -3.81. The summed E-state index contributed by atoms with van der Waals surface area (Å²) in [5, 5.41) is 18.7. The Balaban J connectivity index is 1.45. The van der Waals surface area contributed by atoms with Crippen LogP contribution >= 0.6 is 0 Å². The van der Waals surface area contributed by atoms with Crippen LogP contribution in [0.3, 0.4) is 0 Å². The Morgan fingerprint density at radius 2 is 1.96 bits per heavy atom. The van der Waals surface area contributed by atoms with Crippen LogP contribution in [0, 0.1) is 0 Å². The number of amides is 1. The predicted molar refractivity (Wildman–Crippen MR) is 101 cm³/mol. The number of benzene rings is 1.